The lowest BCUT2D eigenvalue weighted by atomic mass is 10.0. The first-order valence-corrected chi connectivity index (χ1v) is 23.4. The van der Waals surface area contributed by atoms with Crippen molar-refractivity contribution in [2.24, 2.45) is 5.92 Å². The Bertz CT molecular complexity index is 856. The molecule has 0 aromatic carbocycles. The van der Waals surface area contributed by atoms with Crippen LogP contribution in [0.5, 0.6) is 0 Å². The molecule has 1 unspecified atom stereocenters. The van der Waals surface area contributed by atoms with Crippen molar-refractivity contribution in [1.29, 1.82) is 0 Å². The van der Waals surface area contributed by atoms with Crippen LogP contribution in [0, 0.1) is 5.92 Å². The second kappa shape index (κ2) is 43.4. The van der Waals surface area contributed by atoms with E-state index in [1.165, 1.54) is 135 Å². The highest BCUT2D eigenvalue weighted by Gasteiger charge is 2.18. The maximum absolute atomic E-state index is 12.9. The molecule has 0 rings (SSSR count). The lowest BCUT2D eigenvalue weighted by molar-refractivity contribution is -0.161. The molecular weight excluding hydrogens is 687 g/mol. The maximum Gasteiger partial charge on any atom is 0.307 e. The number of ether oxygens (including phenoxy) is 4. The number of hydrogen-bond donors (Lipinski definition) is 0. The Morgan fingerprint density at radius 1 is 0.491 bits per heavy atom. The minimum atomic E-state index is -0.374. The molecule has 0 N–H and O–H groups in total. The van der Waals surface area contributed by atoms with E-state index < -0.39 is 0 Å². The van der Waals surface area contributed by atoms with Gasteiger partial charge in [0.15, 0.2) is 6.29 Å². The zero-order valence-corrected chi connectivity index (χ0v) is 37.1. The zero-order valence-electron chi connectivity index (χ0n) is 37.1. The monoisotopic (exact) mass is 778 g/mol. The largest absolute Gasteiger partial charge is 0.465 e. The molecule has 0 saturated heterocycles. The van der Waals surface area contributed by atoms with Crippen LogP contribution in [-0.2, 0) is 28.5 Å². The fourth-order valence-electron chi connectivity index (χ4n) is 6.52. The minimum Gasteiger partial charge on any atom is -0.465 e. The molecule has 7 nitrogen and oxygen atoms in total. The Kier molecular flexibility index (Phi) is 42.1. The van der Waals surface area contributed by atoms with Gasteiger partial charge >= 0.3 is 11.9 Å². The van der Waals surface area contributed by atoms with Gasteiger partial charge < -0.3 is 23.8 Å². The Hall–Kier alpha value is -1.70. The van der Waals surface area contributed by atoms with Gasteiger partial charge in [0.2, 0.25) is 0 Å². The van der Waals surface area contributed by atoms with E-state index in [9.17, 15) is 9.59 Å². The molecule has 0 aliphatic heterocycles. The van der Waals surface area contributed by atoms with Crippen LogP contribution in [0.1, 0.15) is 213 Å². The molecule has 55 heavy (non-hydrogen) atoms. The van der Waals surface area contributed by atoms with Crippen molar-refractivity contribution in [2.45, 2.75) is 220 Å². The summed E-state index contributed by atoms with van der Waals surface area (Å²) in [5.41, 5.74) is 0. The molecule has 7 heteroatoms. The average molecular weight is 778 g/mol. The van der Waals surface area contributed by atoms with Crippen molar-refractivity contribution in [2.75, 3.05) is 47.1 Å². The van der Waals surface area contributed by atoms with E-state index in [4.69, 9.17) is 18.9 Å². The van der Waals surface area contributed by atoms with Gasteiger partial charge in [-0.05, 0) is 65.5 Å². The Labute approximate surface area is 341 Å². The first-order chi connectivity index (χ1) is 26.9. The first-order valence-electron chi connectivity index (χ1n) is 23.4. The molecule has 0 aliphatic carbocycles. The number of unbranched alkanes of at least 4 members (excludes halogenated alkanes) is 21. The molecule has 324 valence electrons. The molecule has 1 atom stereocenters. The normalized spacial score (nSPS) is 12.5. The molecule has 0 fully saturated rings. The van der Waals surface area contributed by atoms with Gasteiger partial charge in [0.1, 0.15) is 0 Å². The van der Waals surface area contributed by atoms with E-state index in [1.807, 2.05) is 19.0 Å². The number of carbonyl (C=O) groups excluding carboxylic acids is 2. The van der Waals surface area contributed by atoms with E-state index in [-0.39, 0.29) is 37.2 Å². The SMILES string of the molecule is CCCCC/C=C\C/C=C\CCCCCCCCCCC(COC(=O)CCC(OCCCCCCCC)OCCCCCCCC)COC(=O)CCN(C)C. The molecular formula is C48H91NO6. The van der Waals surface area contributed by atoms with Crippen molar-refractivity contribution >= 4 is 11.9 Å². The summed E-state index contributed by atoms with van der Waals surface area (Å²) in [5.74, 6) is -0.408. The average Bonchev–Trinajstić information content (AvgIpc) is 3.18. The summed E-state index contributed by atoms with van der Waals surface area (Å²) < 4.78 is 23.7. The lowest BCUT2D eigenvalue weighted by Gasteiger charge is -2.20. The van der Waals surface area contributed by atoms with E-state index >= 15 is 0 Å². The van der Waals surface area contributed by atoms with Crippen LogP contribution in [0.25, 0.3) is 0 Å². The number of esters is 2. The molecule has 0 spiro atoms. The van der Waals surface area contributed by atoms with Gasteiger partial charge in [0, 0.05) is 32.1 Å². The third-order valence-electron chi connectivity index (χ3n) is 10.2. The summed E-state index contributed by atoms with van der Waals surface area (Å²) >= 11 is 0. The predicted molar refractivity (Wildman–Crippen MR) is 233 cm³/mol. The number of allylic oxidation sites excluding steroid dienone is 4. The highest BCUT2D eigenvalue weighted by atomic mass is 16.7. The lowest BCUT2D eigenvalue weighted by Crippen LogP contribution is -2.24. The van der Waals surface area contributed by atoms with Gasteiger partial charge in [0.05, 0.1) is 26.1 Å². The van der Waals surface area contributed by atoms with Crippen molar-refractivity contribution < 1.29 is 28.5 Å². The minimum absolute atomic E-state index is 0.0144. The van der Waals surface area contributed by atoms with Gasteiger partial charge in [0.25, 0.3) is 0 Å². The van der Waals surface area contributed by atoms with E-state index in [0.29, 0.717) is 39.2 Å². The zero-order chi connectivity index (χ0) is 40.3. The fraction of sp³-hybridized carbons (Fsp3) is 0.875. The van der Waals surface area contributed by atoms with Crippen LogP contribution in [0.3, 0.4) is 0 Å². The van der Waals surface area contributed by atoms with Crippen molar-refractivity contribution in [3.05, 3.63) is 24.3 Å². The van der Waals surface area contributed by atoms with Gasteiger partial charge in [-0.2, -0.15) is 0 Å². The predicted octanol–water partition coefficient (Wildman–Crippen LogP) is 13.5. The Morgan fingerprint density at radius 3 is 1.42 bits per heavy atom. The number of carbonyl (C=O) groups is 2. The quantitative estimate of drug-likeness (QED) is 0.0264. The van der Waals surface area contributed by atoms with Crippen molar-refractivity contribution in [1.82, 2.24) is 4.90 Å². The van der Waals surface area contributed by atoms with E-state index in [0.717, 1.165) is 38.5 Å². The molecule has 0 aromatic heterocycles. The molecule has 0 aromatic rings. The Morgan fingerprint density at radius 2 is 0.909 bits per heavy atom. The summed E-state index contributed by atoms with van der Waals surface area (Å²) in [5, 5.41) is 0. The smallest absolute Gasteiger partial charge is 0.307 e. The third-order valence-corrected chi connectivity index (χ3v) is 10.2. The van der Waals surface area contributed by atoms with Gasteiger partial charge in [-0.3, -0.25) is 9.59 Å². The number of hydrogen-bond acceptors (Lipinski definition) is 7. The summed E-state index contributed by atoms with van der Waals surface area (Å²) in [6, 6.07) is 0. The van der Waals surface area contributed by atoms with E-state index in [2.05, 4.69) is 45.1 Å². The number of nitrogens with zero attached hydrogens (tertiary/aromatic N) is 1. The van der Waals surface area contributed by atoms with Gasteiger partial charge in [-0.15, -0.1) is 0 Å². The van der Waals surface area contributed by atoms with E-state index in [1.54, 1.807) is 0 Å². The third kappa shape index (κ3) is 41.7. The molecule has 0 aliphatic rings. The van der Waals surface area contributed by atoms with Crippen LogP contribution < -0.4 is 0 Å². The van der Waals surface area contributed by atoms with Crippen LogP contribution in [0.2, 0.25) is 0 Å². The molecule has 0 amide bonds. The standard InChI is InChI=1S/C48H91NO6/c1-6-9-12-15-18-19-20-21-22-23-24-25-26-27-28-29-30-33-36-45(44-55-47(51)39-40-49(4)5)43-54-46(50)37-38-48(52-41-34-31-16-13-10-7-2)53-42-35-32-17-14-11-8-3/h18-19,21-22,45,48H,6-17,20,23-44H2,1-5H3/b19-18-,22-21-. The summed E-state index contributed by atoms with van der Waals surface area (Å²) in [6.07, 6.45) is 42.8. The first kappa shape index (κ1) is 53.3. The summed E-state index contributed by atoms with van der Waals surface area (Å²) in [7, 11) is 3.90. The van der Waals surface area contributed by atoms with Crippen LogP contribution in [-0.4, -0.2) is 70.2 Å². The fourth-order valence-corrected chi connectivity index (χ4v) is 6.52. The van der Waals surface area contributed by atoms with Crippen LogP contribution in [0.4, 0.5) is 0 Å². The molecule has 0 bridgehead atoms. The van der Waals surface area contributed by atoms with Crippen molar-refractivity contribution in [3.63, 3.8) is 0 Å². The highest BCUT2D eigenvalue weighted by molar-refractivity contribution is 5.70. The molecule has 0 radical (unpaired) electrons. The summed E-state index contributed by atoms with van der Waals surface area (Å²) in [6.45, 7) is 9.31. The molecule has 0 saturated carbocycles. The van der Waals surface area contributed by atoms with Gasteiger partial charge in [-0.25, -0.2) is 0 Å². The Balaban J connectivity index is 4.55. The second-order valence-corrected chi connectivity index (χ2v) is 16.1. The van der Waals surface area contributed by atoms with Crippen molar-refractivity contribution in [3.8, 4) is 0 Å². The second-order valence-electron chi connectivity index (χ2n) is 16.1. The summed E-state index contributed by atoms with van der Waals surface area (Å²) in [4.78, 5) is 27.3. The van der Waals surface area contributed by atoms with Crippen LogP contribution in [0.15, 0.2) is 24.3 Å². The molecule has 0 heterocycles. The van der Waals surface area contributed by atoms with Crippen LogP contribution >= 0.6 is 0 Å². The topological polar surface area (TPSA) is 74.3 Å². The van der Waals surface area contributed by atoms with Gasteiger partial charge in [-0.1, -0.05) is 167 Å². The highest BCUT2D eigenvalue weighted by Crippen LogP contribution is 2.17. The number of rotatable bonds is 43. The maximum atomic E-state index is 12.9.